The van der Waals surface area contributed by atoms with Crippen molar-refractivity contribution in [3.05, 3.63) is 64.7 Å². The van der Waals surface area contributed by atoms with Crippen LogP contribution < -0.4 is 10.6 Å². The molecule has 0 aliphatic carbocycles. The molecule has 0 heterocycles. The Kier molecular flexibility index (Phi) is 3.91. The lowest BCUT2D eigenvalue weighted by Gasteiger charge is -2.23. The Bertz CT molecular complexity index is 573. The van der Waals surface area contributed by atoms with Gasteiger partial charge in [-0.1, -0.05) is 42.0 Å². The van der Waals surface area contributed by atoms with Crippen LogP contribution in [-0.4, -0.2) is 14.1 Å². The number of anilines is 1. The summed E-state index contributed by atoms with van der Waals surface area (Å²) in [4.78, 5) is 2.11. The number of nitrogens with two attached hydrogens (primary N) is 1. The first-order chi connectivity index (χ1) is 9.00. The number of hydrogen-bond acceptors (Lipinski definition) is 2. The molecule has 2 heteroatoms. The van der Waals surface area contributed by atoms with Crippen LogP contribution in [0.1, 0.15) is 28.3 Å². The van der Waals surface area contributed by atoms with Gasteiger partial charge in [-0.25, -0.2) is 0 Å². The van der Waals surface area contributed by atoms with Crippen LogP contribution in [0.15, 0.2) is 42.5 Å². The van der Waals surface area contributed by atoms with Gasteiger partial charge in [-0.15, -0.1) is 0 Å². The van der Waals surface area contributed by atoms with Crippen LogP contribution in [0.2, 0.25) is 0 Å². The van der Waals surface area contributed by atoms with E-state index in [0.717, 1.165) is 0 Å². The molecule has 19 heavy (non-hydrogen) atoms. The van der Waals surface area contributed by atoms with E-state index in [-0.39, 0.29) is 6.04 Å². The van der Waals surface area contributed by atoms with Gasteiger partial charge in [0.15, 0.2) is 0 Å². The van der Waals surface area contributed by atoms with Gasteiger partial charge in [-0.05, 0) is 36.6 Å². The lowest BCUT2D eigenvalue weighted by atomic mass is 9.93. The Labute approximate surface area is 115 Å². The summed E-state index contributed by atoms with van der Waals surface area (Å²) in [6.07, 6.45) is 0. The molecule has 0 aliphatic heterocycles. The van der Waals surface area contributed by atoms with Gasteiger partial charge in [0.05, 0.1) is 6.04 Å². The summed E-state index contributed by atoms with van der Waals surface area (Å²) in [5.41, 5.74) is 12.5. The van der Waals surface area contributed by atoms with Crippen LogP contribution in [0.4, 0.5) is 5.69 Å². The average molecular weight is 254 g/mol. The molecule has 0 amide bonds. The number of para-hydroxylation sites is 1. The molecule has 0 saturated heterocycles. The lowest BCUT2D eigenvalue weighted by molar-refractivity contribution is 0.853. The van der Waals surface area contributed by atoms with E-state index in [9.17, 15) is 0 Å². The summed E-state index contributed by atoms with van der Waals surface area (Å²) in [6.45, 7) is 4.23. The Hall–Kier alpha value is -1.80. The van der Waals surface area contributed by atoms with Crippen LogP contribution >= 0.6 is 0 Å². The van der Waals surface area contributed by atoms with Gasteiger partial charge in [0.2, 0.25) is 0 Å². The molecule has 1 unspecified atom stereocenters. The summed E-state index contributed by atoms with van der Waals surface area (Å²) in [5.74, 6) is 0. The van der Waals surface area contributed by atoms with Crippen LogP contribution in [-0.2, 0) is 0 Å². The van der Waals surface area contributed by atoms with Crippen molar-refractivity contribution in [1.82, 2.24) is 0 Å². The maximum Gasteiger partial charge on any atom is 0.0574 e. The number of rotatable bonds is 3. The lowest BCUT2D eigenvalue weighted by Crippen LogP contribution is -2.19. The molecule has 2 aromatic carbocycles. The molecule has 2 nitrogen and oxygen atoms in total. The van der Waals surface area contributed by atoms with E-state index in [0.29, 0.717) is 0 Å². The first-order valence-electron chi connectivity index (χ1n) is 6.59. The Morgan fingerprint density at radius 1 is 0.947 bits per heavy atom. The summed E-state index contributed by atoms with van der Waals surface area (Å²) < 4.78 is 0. The molecule has 100 valence electrons. The van der Waals surface area contributed by atoms with E-state index in [4.69, 9.17) is 5.73 Å². The molecule has 0 saturated carbocycles. The van der Waals surface area contributed by atoms with Crippen molar-refractivity contribution in [2.75, 3.05) is 19.0 Å². The number of hydrogen-bond donors (Lipinski definition) is 1. The average Bonchev–Trinajstić information content (AvgIpc) is 2.38. The van der Waals surface area contributed by atoms with Gasteiger partial charge >= 0.3 is 0 Å². The van der Waals surface area contributed by atoms with Gasteiger partial charge < -0.3 is 10.6 Å². The van der Waals surface area contributed by atoms with E-state index in [1.54, 1.807) is 0 Å². The van der Waals surface area contributed by atoms with E-state index >= 15 is 0 Å². The molecule has 2 N–H and O–H groups in total. The summed E-state index contributed by atoms with van der Waals surface area (Å²) >= 11 is 0. The third-order valence-corrected chi connectivity index (χ3v) is 3.51. The molecular weight excluding hydrogens is 232 g/mol. The molecule has 0 aromatic heterocycles. The second kappa shape index (κ2) is 5.45. The van der Waals surface area contributed by atoms with Crippen LogP contribution in [0.25, 0.3) is 0 Å². The first-order valence-corrected chi connectivity index (χ1v) is 6.59. The van der Waals surface area contributed by atoms with Crippen molar-refractivity contribution in [3.63, 3.8) is 0 Å². The van der Waals surface area contributed by atoms with Crippen LogP contribution in [0, 0.1) is 13.8 Å². The van der Waals surface area contributed by atoms with E-state index in [1.807, 2.05) is 26.2 Å². The fourth-order valence-electron chi connectivity index (χ4n) is 2.50. The minimum absolute atomic E-state index is 0.0841. The second-order valence-electron chi connectivity index (χ2n) is 5.29. The monoisotopic (exact) mass is 254 g/mol. The van der Waals surface area contributed by atoms with Crippen molar-refractivity contribution < 1.29 is 0 Å². The summed E-state index contributed by atoms with van der Waals surface area (Å²) in [7, 11) is 4.10. The highest BCUT2D eigenvalue weighted by Gasteiger charge is 2.15. The zero-order chi connectivity index (χ0) is 14.0. The molecule has 0 spiro atoms. The maximum absolute atomic E-state index is 6.48. The minimum atomic E-state index is -0.0841. The van der Waals surface area contributed by atoms with Crippen molar-refractivity contribution >= 4 is 5.69 Å². The summed E-state index contributed by atoms with van der Waals surface area (Å²) in [5, 5.41) is 0. The normalized spacial score (nSPS) is 12.3. The molecule has 1 atom stereocenters. The SMILES string of the molecule is Cc1ccc(C(N)c2ccccc2N(C)C)c(C)c1. The zero-order valence-electron chi connectivity index (χ0n) is 12.1. The number of nitrogens with zero attached hydrogens (tertiary/aromatic N) is 1. The maximum atomic E-state index is 6.48. The van der Waals surface area contributed by atoms with Crippen molar-refractivity contribution in [2.45, 2.75) is 19.9 Å². The number of benzene rings is 2. The molecule has 2 aromatic rings. The van der Waals surface area contributed by atoms with Gasteiger partial charge in [0.25, 0.3) is 0 Å². The van der Waals surface area contributed by atoms with E-state index in [2.05, 4.69) is 49.1 Å². The fraction of sp³-hybridized carbons (Fsp3) is 0.294. The largest absolute Gasteiger partial charge is 0.377 e. The first kappa shape index (κ1) is 13.6. The van der Waals surface area contributed by atoms with E-state index < -0.39 is 0 Å². The highest BCUT2D eigenvalue weighted by Crippen LogP contribution is 2.29. The molecule has 0 bridgehead atoms. The molecule has 2 rings (SSSR count). The Morgan fingerprint density at radius 3 is 2.26 bits per heavy atom. The minimum Gasteiger partial charge on any atom is -0.377 e. The zero-order valence-corrected chi connectivity index (χ0v) is 12.1. The Morgan fingerprint density at radius 2 is 1.63 bits per heavy atom. The third kappa shape index (κ3) is 2.79. The molecule has 0 fully saturated rings. The quantitative estimate of drug-likeness (QED) is 0.909. The van der Waals surface area contributed by atoms with Crippen molar-refractivity contribution in [1.29, 1.82) is 0 Å². The smallest absolute Gasteiger partial charge is 0.0574 e. The van der Waals surface area contributed by atoms with Gasteiger partial charge in [0, 0.05) is 19.8 Å². The predicted molar refractivity (Wildman–Crippen MR) is 82.7 cm³/mol. The second-order valence-corrected chi connectivity index (χ2v) is 5.29. The van der Waals surface area contributed by atoms with E-state index in [1.165, 1.54) is 27.9 Å². The predicted octanol–water partition coefficient (Wildman–Crippen LogP) is 3.42. The van der Waals surface area contributed by atoms with Crippen LogP contribution in [0.3, 0.4) is 0 Å². The van der Waals surface area contributed by atoms with Gasteiger partial charge in [-0.2, -0.15) is 0 Å². The van der Waals surface area contributed by atoms with Crippen molar-refractivity contribution in [2.24, 2.45) is 5.73 Å². The van der Waals surface area contributed by atoms with Gasteiger partial charge in [-0.3, -0.25) is 0 Å². The number of aryl methyl sites for hydroxylation is 2. The highest BCUT2D eigenvalue weighted by molar-refractivity contribution is 5.56. The summed E-state index contributed by atoms with van der Waals surface area (Å²) in [6, 6.07) is 14.7. The van der Waals surface area contributed by atoms with Gasteiger partial charge in [0.1, 0.15) is 0 Å². The van der Waals surface area contributed by atoms with Crippen molar-refractivity contribution in [3.8, 4) is 0 Å². The Balaban J connectivity index is 2.47. The molecule has 0 radical (unpaired) electrons. The topological polar surface area (TPSA) is 29.3 Å². The standard InChI is InChI=1S/C17H22N2/c1-12-9-10-14(13(2)11-12)17(18)15-7-5-6-8-16(15)19(3)4/h5-11,17H,18H2,1-4H3. The fourth-order valence-corrected chi connectivity index (χ4v) is 2.50. The molecular formula is C17H22N2. The van der Waals surface area contributed by atoms with Crippen LogP contribution in [0.5, 0.6) is 0 Å². The molecule has 0 aliphatic rings. The third-order valence-electron chi connectivity index (χ3n) is 3.51. The highest BCUT2D eigenvalue weighted by atomic mass is 15.1.